The highest BCUT2D eigenvalue weighted by Gasteiger charge is 2.33. The third kappa shape index (κ3) is 7.53. The molecule has 37 heavy (non-hydrogen) atoms. The smallest absolute Gasteiger partial charge is 0.244 e. The molecule has 0 heterocycles. The maximum Gasteiger partial charge on any atom is 0.244 e. The molecule has 1 aliphatic carbocycles. The summed E-state index contributed by atoms with van der Waals surface area (Å²) >= 11 is 0. The molecule has 0 bridgehead atoms. The average Bonchev–Trinajstić information content (AvgIpc) is 3.35. The lowest BCUT2D eigenvalue weighted by molar-refractivity contribution is -0.140. The largest absolute Gasteiger partial charge is 0.352 e. The predicted octanol–water partition coefficient (Wildman–Crippen LogP) is 4.58. The molecular weight excluding hydrogens is 493 g/mol. The van der Waals surface area contributed by atoms with Crippen LogP contribution in [0.25, 0.3) is 0 Å². The lowest BCUT2D eigenvalue weighted by atomic mass is 10.0. The first kappa shape index (κ1) is 28.6. The van der Waals surface area contributed by atoms with Crippen molar-refractivity contribution in [3.8, 4) is 0 Å². The van der Waals surface area contributed by atoms with Gasteiger partial charge in [0.15, 0.2) is 0 Å². The predicted molar refractivity (Wildman–Crippen MR) is 144 cm³/mol. The summed E-state index contributed by atoms with van der Waals surface area (Å²) in [6.07, 6.45) is 5.35. The molecule has 2 aromatic rings. The third-order valence-electron chi connectivity index (χ3n) is 6.86. The third-order valence-corrected chi connectivity index (χ3v) is 7.99. The van der Waals surface area contributed by atoms with Crippen LogP contribution in [0.2, 0.25) is 0 Å². The number of nitrogens with zero attached hydrogens (tertiary/aromatic N) is 2. The Hall–Kier alpha value is -2.94. The Bertz CT molecular complexity index is 1180. The van der Waals surface area contributed by atoms with Crippen molar-refractivity contribution in [2.75, 3.05) is 17.1 Å². The first-order chi connectivity index (χ1) is 17.5. The monoisotopic (exact) mass is 531 g/mol. The van der Waals surface area contributed by atoms with E-state index in [-0.39, 0.29) is 24.4 Å². The molecule has 0 radical (unpaired) electrons. The van der Waals surface area contributed by atoms with Gasteiger partial charge in [-0.15, -0.1) is 0 Å². The molecule has 1 saturated carbocycles. The van der Waals surface area contributed by atoms with E-state index in [1.807, 2.05) is 32.9 Å². The molecule has 2 amide bonds. The number of hydrogen-bond acceptors (Lipinski definition) is 4. The molecule has 1 fully saturated rings. The fourth-order valence-corrected chi connectivity index (χ4v) is 5.74. The fourth-order valence-electron chi connectivity index (χ4n) is 4.87. The Morgan fingerprint density at radius 2 is 1.68 bits per heavy atom. The number of hydrogen-bond donors (Lipinski definition) is 1. The number of amides is 2. The highest BCUT2D eigenvalue weighted by atomic mass is 32.2. The first-order valence-corrected chi connectivity index (χ1v) is 14.8. The van der Waals surface area contributed by atoms with Crippen LogP contribution in [0, 0.1) is 5.82 Å². The van der Waals surface area contributed by atoms with Crippen molar-refractivity contribution in [3.05, 3.63) is 65.5 Å². The molecule has 0 saturated heterocycles. The minimum Gasteiger partial charge on any atom is -0.352 e. The van der Waals surface area contributed by atoms with E-state index in [9.17, 15) is 22.4 Å². The van der Waals surface area contributed by atoms with Gasteiger partial charge in [-0.05, 0) is 54.5 Å². The van der Waals surface area contributed by atoms with Gasteiger partial charge in [-0.2, -0.15) is 0 Å². The van der Waals surface area contributed by atoms with Crippen LogP contribution < -0.4 is 9.62 Å². The number of nitrogens with one attached hydrogen (secondary N) is 1. The second-order valence-corrected chi connectivity index (χ2v) is 12.0. The van der Waals surface area contributed by atoms with Crippen molar-refractivity contribution < 1.29 is 22.4 Å². The normalized spacial score (nSPS) is 15.0. The van der Waals surface area contributed by atoms with Crippen LogP contribution in [0.4, 0.5) is 10.1 Å². The van der Waals surface area contributed by atoms with Gasteiger partial charge in [0, 0.05) is 12.6 Å². The SMILES string of the molecule is CCC(C(=O)NC1CCCC1)N(Cc1ccc(F)cc1)C(=O)CN(c1ccccc1C(C)C)S(C)(=O)=O. The summed E-state index contributed by atoms with van der Waals surface area (Å²) in [4.78, 5) is 28.6. The summed E-state index contributed by atoms with van der Waals surface area (Å²) in [5.41, 5.74) is 1.89. The van der Waals surface area contributed by atoms with Gasteiger partial charge in [0.25, 0.3) is 0 Å². The second-order valence-electron chi connectivity index (χ2n) is 10.0. The lowest BCUT2D eigenvalue weighted by Crippen LogP contribution is -2.53. The number of halogens is 1. The molecule has 0 aliphatic heterocycles. The van der Waals surface area contributed by atoms with E-state index in [2.05, 4.69) is 5.32 Å². The van der Waals surface area contributed by atoms with Crippen molar-refractivity contribution in [1.29, 1.82) is 0 Å². The maximum atomic E-state index is 13.8. The number of carbonyl (C=O) groups excluding carboxylic acids is 2. The van der Waals surface area contributed by atoms with Crippen LogP contribution in [-0.4, -0.2) is 50.0 Å². The van der Waals surface area contributed by atoms with Gasteiger partial charge in [-0.3, -0.25) is 13.9 Å². The number of benzene rings is 2. The highest BCUT2D eigenvalue weighted by molar-refractivity contribution is 7.92. The molecule has 1 atom stereocenters. The molecule has 7 nitrogen and oxygen atoms in total. The van der Waals surface area contributed by atoms with Gasteiger partial charge in [0.05, 0.1) is 11.9 Å². The van der Waals surface area contributed by atoms with Gasteiger partial charge in [-0.1, -0.05) is 63.9 Å². The van der Waals surface area contributed by atoms with Crippen LogP contribution >= 0.6 is 0 Å². The molecule has 0 spiro atoms. The van der Waals surface area contributed by atoms with Crippen molar-refractivity contribution >= 4 is 27.5 Å². The summed E-state index contributed by atoms with van der Waals surface area (Å²) < 4.78 is 40.5. The summed E-state index contributed by atoms with van der Waals surface area (Å²) in [5.74, 6) is -1.12. The van der Waals surface area contributed by atoms with Crippen LogP contribution in [0.15, 0.2) is 48.5 Å². The van der Waals surface area contributed by atoms with Gasteiger partial charge in [-0.25, -0.2) is 12.8 Å². The van der Waals surface area contributed by atoms with E-state index in [0.29, 0.717) is 17.7 Å². The Balaban J connectivity index is 1.96. The van der Waals surface area contributed by atoms with Crippen LogP contribution in [0.5, 0.6) is 0 Å². The summed E-state index contributed by atoms with van der Waals surface area (Å²) in [6.45, 7) is 5.35. The zero-order chi connectivity index (χ0) is 27.2. The van der Waals surface area contributed by atoms with Gasteiger partial charge in [0.2, 0.25) is 21.8 Å². The Morgan fingerprint density at radius 1 is 1.05 bits per heavy atom. The number of sulfonamides is 1. The van der Waals surface area contributed by atoms with Gasteiger partial charge >= 0.3 is 0 Å². The molecule has 9 heteroatoms. The first-order valence-electron chi connectivity index (χ1n) is 12.9. The summed E-state index contributed by atoms with van der Waals surface area (Å²) in [6, 6.07) is 12.2. The zero-order valence-electron chi connectivity index (χ0n) is 22.1. The minimum absolute atomic E-state index is 0.0337. The molecular formula is C28H38FN3O4S. The van der Waals surface area contributed by atoms with Crippen molar-refractivity contribution in [2.24, 2.45) is 0 Å². The van der Waals surface area contributed by atoms with Crippen LogP contribution in [-0.2, 0) is 26.2 Å². The van der Waals surface area contributed by atoms with E-state index in [4.69, 9.17) is 0 Å². The molecule has 1 unspecified atom stereocenters. The Morgan fingerprint density at radius 3 is 2.24 bits per heavy atom. The molecule has 202 valence electrons. The minimum atomic E-state index is -3.82. The second kappa shape index (κ2) is 12.5. The van der Waals surface area contributed by atoms with Gasteiger partial charge < -0.3 is 10.2 Å². The van der Waals surface area contributed by atoms with Crippen LogP contribution in [0.1, 0.15) is 69.9 Å². The van der Waals surface area contributed by atoms with E-state index in [1.54, 1.807) is 24.3 Å². The highest BCUT2D eigenvalue weighted by Crippen LogP contribution is 2.29. The molecule has 2 aromatic carbocycles. The quantitative estimate of drug-likeness (QED) is 0.460. The lowest BCUT2D eigenvalue weighted by Gasteiger charge is -2.34. The van der Waals surface area contributed by atoms with Crippen molar-refractivity contribution in [1.82, 2.24) is 10.2 Å². The summed E-state index contributed by atoms with van der Waals surface area (Å²) in [7, 11) is -3.82. The van der Waals surface area contributed by atoms with E-state index in [1.165, 1.54) is 17.0 Å². The number of carbonyl (C=O) groups is 2. The zero-order valence-corrected chi connectivity index (χ0v) is 22.9. The van der Waals surface area contributed by atoms with E-state index in [0.717, 1.165) is 41.8 Å². The van der Waals surface area contributed by atoms with Crippen LogP contribution in [0.3, 0.4) is 0 Å². The Kier molecular flexibility index (Phi) is 9.70. The summed E-state index contributed by atoms with van der Waals surface area (Å²) in [5, 5.41) is 3.07. The Labute approximate surface area is 220 Å². The number of rotatable bonds is 11. The number of para-hydroxylation sites is 1. The maximum absolute atomic E-state index is 13.8. The standard InChI is InChI=1S/C28H38FN3O4S/c1-5-25(28(34)30-23-10-6-7-11-23)31(18-21-14-16-22(29)17-15-21)27(33)19-32(37(4,35)36)26-13-9-8-12-24(26)20(2)3/h8-9,12-17,20,23,25H,5-7,10-11,18-19H2,1-4H3,(H,30,34). The molecule has 0 aromatic heterocycles. The molecule has 1 aliphatic rings. The molecule has 3 rings (SSSR count). The van der Waals surface area contributed by atoms with E-state index < -0.39 is 34.3 Å². The average molecular weight is 532 g/mol. The van der Waals surface area contributed by atoms with Gasteiger partial charge in [0.1, 0.15) is 18.4 Å². The van der Waals surface area contributed by atoms with E-state index >= 15 is 0 Å². The van der Waals surface area contributed by atoms with Crippen molar-refractivity contribution in [3.63, 3.8) is 0 Å². The fraction of sp³-hybridized carbons (Fsp3) is 0.500. The number of anilines is 1. The topological polar surface area (TPSA) is 86.8 Å². The molecule has 1 N–H and O–H groups in total. The van der Waals surface area contributed by atoms with Crippen molar-refractivity contribution in [2.45, 2.75) is 77.4 Å².